The van der Waals surface area contributed by atoms with E-state index in [4.69, 9.17) is 0 Å². The fraction of sp³-hybridized carbons (Fsp3) is 0.273. The number of aryl methyl sites for hydroxylation is 1. The number of anilines is 1. The van der Waals surface area contributed by atoms with Crippen LogP contribution in [0.2, 0.25) is 0 Å². The number of sulfonamides is 1. The Hall–Kier alpha value is -3.01. The first-order chi connectivity index (χ1) is 16.1. The fourth-order valence-corrected chi connectivity index (χ4v) is 5.69. The molecule has 1 atom stereocenters. The van der Waals surface area contributed by atoms with Crippen LogP contribution < -0.4 is 20.7 Å². The lowest BCUT2D eigenvalue weighted by molar-refractivity contribution is 0.475. The molecule has 34 heavy (non-hydrogen) atoms. The zero-order valence-electron chi connectivity index (χ0n) is 18.1. The summed E-state index contributed by atoms with van der Waals surface area (Å²) in [5.41, 5.74) is 0.358. The molecule has 1 unspecified atom stereocenters. The molecule has 9 nitrogen and oxygen atoms in total. The number of hydrogen-bond acceptors (Lipinski definition) is 7. The van der Waals surface area contributed by atoms with Crippen molar-refractivity contribution in [3.63, 3.8) is 0 Å². The van der Waals surface area contributed by atoms with Crippen LogP contribution in [0.15, 0.2) is 46.2 Å². The standard InChI is InChI=1S/C22H22FN4O5PS/c1-34(31,32)26-14-5-6-16-18(11-14)33(30)25-21(24-16)19-20(28)15-10-13(23)4-7-17(15)27(22(19)29)9-8-12-2-3-12/h4-7,10-12,26,28,30H,2-3,8-9H2,1H3,(H,24,25). The van der Waals surface area contributed by atoms with Crippen molar-refractivity contribution in [3.05, 3.63) is 58.1 Å². The number of halogens is 1. The highest BCUT2D eigenvalue weighted by atomic mass is 32.2. The van der Waals surface area contributed by atoms with Gasteiger partial charge >= 0.3 is 0 Å². The molecular weight excluding hydrogens is 482 g/mol. The minimum Gasteiger partial charge on any atom is -0.506 e. The van der Waals surface area contributed by atoms with E-state index in [1.54, 1.807) is 0 Å². The number of rotatable bonds is 6. The van der Waals surface area contributed by atoms with E-state index in [1.807, 2.05) is 0 Å². The molecule has 1 aliphatic heterocycles. The van der Waals surface area contributed by atoms with Crippen molar-refractivity contribution in [2.75, 3.05) is 11.0 Å². The maximum atomic E-state index is 14.0. The highest BCUT2D eigenvalue weighted by Crippen LogP contribution is 2.38. The molecule has 178 valence electrons. The summed E-state index contributed by atoms with van der Waals surface area (Å²) in [5, 5.41) is 14.3. The molecule has 0 amide bonds. The number of aromatic hydroxyl groups is 1. The van der Waals surface area contributed by atoms with Gasteiger partial charge < -0.3 is 19.7 Å². The van der Waals surface area contributed by atoms with E-state index in [0.29, 0.717) is 29.0 Å². The third kappa shape index (κ3) is 4.38. The second-order valence-electron chi connectivity index (χ2n) is 8.54. The lowest BCUT2D eigenvalue weighted by Crippen LogP contribution is -2.35. The quantitative estimate of drug-likeness (QED) is 0.382. The van der Waals surface area contributed by atoms with Gasteiger partial charge in [-0.25, -0.2) is 17.8 Å². The maximum absolute atomic E-state index is 14.0. The molecule has 2 heterocycles. The Morgan fingerprint density at radius 3 is 2.74 bits per heavy atom. The zero-order chi connectivity index (χ0) is 24.2. The van der Waals surface area contributed by atoms with Crippen LogP contribution in [0.1, 0.15) is 24.8 Å². The SMILES string of the molecule is CS(=O)(=O)Nc1ccc2c(c1)P(O)NC(c1c(O)c3cc(F)ccc3n(CCC3CC3)c1=O)=N2. The van der Waals surface area contributed by atoms with Gasteiger partial charge in [-0.05, 0) is 48.7 Å². The number of nitrogens with one attached hydrogen (secondary N) is 2. The molecule has 0 saturated heterocycles. The Bertz CT molecular complexity index is 1520. The summed E-state index contributed by atoms with van der Waals surface area (Å²) in [6.07, 6.45) is 4.04. The van der Waals surface area contributed by atoms with Gasteiger partial charge in [0.2, 0.25) is 10.0 Å². The molecule has 1 aliphatic carbocycles. The van der Waals surface area contributed by atoms with E-state index in [0.717, 1.165) is 25.5 Å². The molecule has 0 spiro atoms. The van der Waals surface area contributed by atoms with Crippen LogP contribution >= 0.6 is 8.30 Å². The third-order valence-corrected chi connectivity index (χ3v) is 7.69. The summed E-state index contributed by atoms with van der Waals surface area (Å²) < 4.78 is 40.9. The lowest BCUT2D eigenvalue weighted by atomic mass is 10.1. The number of nitrogens with zero attached hydrogens (tertiary/aromatic N) is 2. The van der Waals surface area contributed by atoms with E-state index in [-0.39, 0.29) is 22.5 Å². The largest absolute Gasteiger partial charge is 0.506 e. The highest BCUT2D eigenvalue weighted by Gasteiger charge is 2.29. The summed E-state index contributed by atoms with van der Waals surface area (Å²) in [5.74, 6) is -0.452. The smallest absolute Gasteiger partial charge is 0.265 e. The number of fused-ring (bicyclic) bond motifs is 2. The number of pyridine rings is 1. The van der Waals surface area contributed by atoms with Crippen molar-refractivity contribution in [2.24, 2.45) is 10.9 Å². The first-order valence-corrected chi connectivity index (χ1v) is 13.8. The second-order valence-corrected chi connectivity index (χ2v) is 11.6. The average molecular weight is 504 g/mol. The first kappa shape index (κ1) is 22.8. The van der Waals surface area contributed by atoms with Gasteiger partial charge in [0.15, 0.2) is 8.30 Å². The Balaban J connectivity index is 1.64. The van der Waals surface area contributed by atoms with E-state index in [9.17, 15) is 27.6 Å². The zero-order valence-corrected chi connectivity index (χ0v) is 19.8. The average Bonchev–Trinajstić information content (AvgIpc) is 3.58. The van der Waals surface area contributed by atoms with Crippen LogP contribution in [0.25, 0.3) is 10.9 Å². The minimum absolute atomic E-state index is 0.0289. The van der Waals surface area contributed by atoms with Crippen LogP contribution in [-0.2, 0) is 16.6 Å². The molecule has 3 aromatic rings. The van der Waals surface area contributed by atoms with Crippen molar-refractivity contribution in [2.45, 2.75) is 25.8 Å². The van der Waals surface area contributed by atoms with Crippen LogP contribution in [0.3, 0.4) is 0 Å². The number of benzene rings is 2. The van der Waals surface area contributed by atoms with Gasteiger partial charge in [-0.3, -0.25) is 9.52 Å². The minimum atomic E-state index is -3.51. The third-order valence-electron chi connectivity index (χ3n) is 5.85. The second kappa shape index (κ2) is 8.33. The van der Waals surface area contributed by atoms with Crippen molar-refractivity contribution >= 4 is 51.7 Å². The van der Waals surface area contributed by atoms with E-state index >= 15 is 0 Å². The highest BCUT2D eigenvalue weighted by molar-refractivity contribution is 7.92. The van der Waals surface area contributed by atoms with Crippen LogP contribution in [-0.4, -0.2) is 35.1 Å². The normalized spacial score (nSPS) is 17.7. The molecule has 1 saturated carbocycles. The van der Waals surface area contributed by atoms with Crippen molar-refractivity contribution < 1.29 is 22.8 Å². The maximum Gasteiger partial charge on any atom is 0.265 e. The summed E-state index contributed by atoms with van der Waals surface area (Å²) >= 11 is 0. The van der Waals surface area contributed by atoms with Gasteiger partial charge in [0.25, 0.3) is 5.56 Å². The summed E-state index contributed by atoms with van der Waals surface area (Å²) in [7, 11) is -5.58. The Morgan fingerprint density at radius 2 is 2.03 bits per heavy atom. The predicted octanol–water partition coefficient (Wildman–Crippen LogP) is 2.63. The Kier molecular flexibility index (Phi) is 5.58. The van der Waals surface area contributed by atoms with E-state index in [1.165, 1.54) is 41.0 Å². The molecule has 4 N–H and O–H groups in total. The summed E-state index contributed by atoms with van der Waals surface area (Å²) in [6.45, 7) is 0.414. The van der Waals surface area contributed by atoms with Gasteiger partial charge in [0, 0.05) is 17.6 Å². The molecule has 0 radical (unpaired) electrons. The van der Waals surface area contributed by atoms with Gasteiger partial charge in [0.1, 0.15) is 23.0 Å². The van der Waals surface area contributed by atoms with E-state index < -0.39 is 35.4 Å². The number of hydrogen-bond donors (Lipinski definition) is 4. The first-order valence-electron chi connectivity index (χ1n) is 10.6. The van der Waals surface area contributed by atoms with Crippen molar-refractivity contribution in [1.82, 2.24) is 9.65 Å². The fourth-order valence-electron chi connectivity index (χ4n) is 4.05. The Morgan fingerprint density at radius 1 is 1.26 bits per heavy atom. The summed E-state index contributed by atoms with van der Waals surface area (Å²) in [4.78, 5) is 28.7. The van der Waals surface area contributed by atoms with Crippen molar-refractivity contribution in [1.29, 1.82) is 0 Å². The van der Waals surface area contributed by atoms with Crippen LogP contribution in [0, 0.1) is 11.7 Å². The molecule has 2 aromatic carbocycles. The van der Waals surface area contributed by atoms with Crippen LogP contribution in [0.4, 0.5) is 15.8 Å². The van der Waals surface area contributed by atoms with E-state index in [2.05, 4.69) is 14.8 Å². The Labute approximate surface area is 195 Å². The molecule has 0 bridgehead atoms. The van der Waals surface area contributed by atoms with Gasteiger partial charge in [-0.15, -0.1) is 0 Å². The number of aromatic nitrogens is 1. The van der Waals surface area contributed by atoms with Crippen molar-refractivity contribution in [3.8, 4) is 5.75 Å². The number of amidine groups is 1. The molecule has 1 aromatic heterocycles. The lowest BCUT2D eigenvalue weighted by Gasteiger charge is -2.24. The van der Waals surface area contributed by atoms with Gasteiger partial charge in [0.05, 0.1) is 22.8 Å². The molecule has 1 fully saturated rings. The molecule has 5 rings (SSSR count). The topological polar surface area (TPSA) is 133 Å². The van der Waals surface area contributed by atoms with Gasteiger partial charge in [-0.2, -0.15) is 0 Å². The summed E-state index contributed by atoms with van der Waals surface area (Å²) in [6, 6.07) is 8.35. The predicted molar refractivity (Wildman–Crippen MR) is 130 cm³/mol. The molecule has 12 heteroatoms. The van der Waals surface area contributed by atoms with Gasteiger partial charge in [-0.1, -0.05) is 12.8 Å². The van der Waals surface area contributed by atoms with Crippen LogP contribution in [0.5, 0.6) is 5.75 Å². The monoisotopic (exact) mass is 504 g/mol. The molecular formula is C22H22FN4O5PS. The number of aliphatic imine (C=N–C) groups is 1. The molecule has 2 aliphatic rings.